The fraction of sp³-hybridized carbons (Fsp3) is 0.294. The van der Waals surface area contributed by atoms with Gasteiger partial charge >= 0.3 is 0 Å². The van der Waals surface area contributed by atoms with Crippen molar-refractivity contribution in [1.82, 2.24) is 0 Å². The number of aryl methyl sites for hydroxylation is 3. The van der Waals surface area contributed by atoms with Crippen LogP contribution in [-0.4, -0.2) is 0 Å². The molecule has 0 aliphatic carbocycles. The number of halogens is 2. The number of hydrogen-bond acceptors (Lipinski definition) is 0. The van der Waals surface area contributed by atoms with Gasteiger partial charge in [-0.1, -0.05) is 45.8 Å². The summed E-state index contributed by atoms with van der Waals surface area (Å²) in [6.07, 6.45) is 0.861. The molecule has 2 rings (SSSR count). The molecule has 0 aliphatic rings. The van der Waals surface area contributed by atoms with E-state index in [2.05, 4.69) is 73.1 Å². The maximum absolute atomic E-state index is 6.63. The summed E-state index contributed by atoms with van der Waals surface area (Å²) in [5.74, 6) is 0. The molecule has 19 heavy (non-hydrogen) atoms. The van der Waals surface area contributed by atoms with E-state index in [4.69, 9.17) is 11.6 Å². The number of hydrogen-bond donors (Lipinski definition) is 0. The van der Waals surface area contributed by atoms with Crippen molar-refractivity contribution in [2.75, 3.05) is 0 Å². The summed E-state index contributed by atoms with van der Waals surface area (Å²) in [5, 5.41) is 0.0294. The van der Waals surface area contributed by atoms with Crippen molar-refractivity contribution in [3.63, 3.8) is 0 Å². The molecule has 2 aromatic carbocycles. The highest BCUT2D eigenvalue weighted by molar-refractivity contribution is 9.10. The molecule has 0 aromatic heterocycles. The minimum atomic E-state index is 0.0294. The van der Waals surface area contributed by atoms with Crippen LogP contribution >= 0.6 is 27.5 Å². The lowest BCUT2D eigenvalue weighted by atomic mass is 9.94. The molecular weight excluding hydrogens is 320 g/mol. The molecule has 2 heteroatoms. The fourth-order valence-electron chi connectivity index (χ4n) is 2.61. The maximum Gasteiger partial charge on any atom is 0.0630 e. The topological polar surface area (TPSA) is 0 Å². The zero-order valence-electron chi connectivity index (χ0n) is 11.5. The average Bonchev–Trinajstić information content (AvgIpc) is 2.30. The lowest BCUT2D eigenvalue weighted by molar-refractivity contribution is 0.898. The normalized spacial score (nSPS) is 12.5. The van der Waals surface area contributed by atoms with Gasteiger partial charge in [0.05, 0.1) is 5.38 Å². The summed E-state index contributed by atoms with van der Waals surface area (Å²) >= 11 is 10.1. The van der Waals surface area contributed by atoms with Gasteiger partial charge in [-0.25, -0.2) is 0 Å². The average molecular weight is 338 g/mol. The van der Waals surface area contributed by atoms with Crippen LogP contribution < -0.4 is 0 Å². The van der Waals surface area contributed by atoms with E-state index in [-0.39, 0.29) is 5.38 Å². The van der Waals surface area contributed by atoms with Gasteiger partial charge < -0.3 is 0 Å². The van der Waals surface area contributed by atoms with Gasteiger partial charge in [0, 0.05) is 4.47 Å². The molecule has 0 radical (unpaired) electrons. The SMILES string of the molecule is Cc1cc(C)c(C(Cl)Cc2ccc(Br)cc2)c(C)c1. The lowest BCUT2D eigenvalue weighted by Gasteiger charge is -2.17. The van der Waals surface area contributed by atoms with E-state index in [0.717, 1.165) is 10.9 Å². The van der Waals surface area contributed by atoms with Crippen LogP contribution in [0.25, 0.3) is 0 Å². The highest BCUT2D eigenvalue weighted by Gasteiger charge is 2.14. The van der Waals surface area contributed by atoms with Gasteiger partial charge in [-0.2, -0.15) is 0 Å². The van der Waals surface area contributed by atoms with Gasteiger partial charge in [0.2, 0.25) is 0 Å². The van der Waals surface area contributed by atoms with Crippen molar-refractivity contribution in [1.29, 1.82) is 0 Å². The first-order chi connectivity index (χ1) is 8.97. The second-order valence-electron chi connectivity index (χ2n) is 5.11. The Kier molecular flexibility index (Phi) is 4.70. The molecular formula is C17H18BrCl. The van der Waals surface area contributed by atoms with E-state index >= 15 is 0 Å². The second-order valence-corrected chi connectivity index (χ2v) is 6.55. The molecule has 0 fully saturated rings. The Hall–Kier alpha value is -0.790. The predicted octanol–water partition coefficient (Wildman–Crippen LogP) is 5.90. The van der Waals surface area contributed by atoms with Crippen LogP contribution in [0.3, 0.4) is 0 Å². The van der Waals surface area contributed by atoms with Crippen LogP contribution in [0.4, 0.5) is 0 Å². The fourth-order valence-corrected chi connectivity index (χ4v) is 3.40. The molecule has 0 amide bonds. The van der Waals surface area contributed by atoms with Crippen LogP contribution in [0.15, 0.2) is 40.9 Å². The van der Waals surface area contributed by atoms with Gasteiger partial charge in [0.25, 0.3) is 0 Å². The van der Waals surface area contributed by atoms with Crippen molar-refractivity contribution >= 4 is 27.5 Å². The summed E-state index contributed by atoms with van der Waals surface area (Å²) in [4.78, 5) is 0. The summed E-state index contributed by atoms with van der Waals surface area (Å²) in [6.45, 7) is 6.42. The molecule has 0 saturated carbocycles. The Morgan fingerprint density at radius 3 is 2.05 bits per heavy atom. The third-order valence-corrected chi connectivity index (χ3v) is 4.28. The van der Waals surface area contributed by atoms with Crippen LogP contribution in [0.5, 0.6) is 0 Å². The van der Waals surface area contributed by atoms with E-state index in [0.29, 0.717) is 0 Å². The van der Waals surface area contributed by atoms with E-state index in [9.17, 15) is 0 Å². The maximum atomic E-state index is 6.63. The molecule has 100 valence electrons. The lowest BCUT2D eigenvalue weighted by Crippen LogP contribution is -2.02. The smallest absolute Gasteiger partial charge is 0.0630 e. The van der Waals surface area contributed by atoms with Gasteiger partial charge in [-0.3, -0.25) is 0 Å². The molecule has 0 N–H and O–H groups in total. The Morgan fingerprint density at radius 2 is 1.53 bits per heavy atom. The van der Waals surface area contributed by atoms with Crippen LogP contribution in [0.1, 0.15) is 33.2 Å². The van der Waals surface area contributed by atoms with E-state index in [1.807, 2.05) is 0 Å². The van der Waals surface area contributed by atoms with Gasteiger partial charge in [0.15, 0.2) is 0 Å². The molecule has 2 aromatic rings. The Bertz CT molecular complexity index is 549. The summed E-state index contributed by atoms with van der Waals surface area (Å²) in [5.41, 5.74) is 6.41. The first-order valence-corrected chi connectivity index (χ1v) is 7.66. The monoisotopic (exact) mass is 336 g/mol. The predicted molar refractivity (Wildman–Crippen MR) is 87.1 cm³/mol. The first kappa shape index (κ1) is 14.6. The van der Waals surface area contributed by atoms with Crippen LogP contribution in [-0.2, 0) is 6.42 Å². The molecule has 0 saturated heterocycles. The molecule has 0 aliphatic heterocycles. The van der Waals surface area contributed by atoms with Crippen molar-refractivity contribution < 1.29 is 0 Å². The number of alkyl halides is 1. The number of benzene rings is 2. The van der Waals surface area contributed by atoms with Crippen LogP contribution in [0, 0.1) is 20.8 Å². The molecule has 0 heterocycles. The van der Waals surface area contributed by atoms with Gasteiger partial charge in [0.1, 0.15) is 0 Å². The van der Waals surface area contributed by atoms with Crippen molar-refractivity contribution in [2.24, 2.45) is 0 Å². The van der Waals surface area contributed by atoms with E-state index in [1.54, 1.807) is 0 Å². The Labute approximate surface area is 128 Å². The number of rotatable bonds is 3. The molecule has 1 atom stereocenters. The second kappa shape index (κ2) is 6.11. The van der Waals surface area contributed by atoms with Crippen molar-refractivity contribution in [2.45, 2.75) is 32.6 Å². The Balaban J connectivity index is 2.25. The zero-order chi connectivity index (χ0) is 14.0. The molecule has 0 spiro atoms. The first-order valence-electron chi connectivity index (χ1n) is 6.43. The molecule has 0 nitrogen and oxygen atoms in total. The van der Waals surface area contributed by atoms with Crippen molar-refractivity contribution in [3.05, 3.63) is 68.7 Å². The molecule has 1 unspecified atom stereocenters. The Morgan fingerprint density at radius 1 is 1.00 bits per heavy atom. The van der Waals surface area contributed by atoms with Gasteiger partial charge in [-0.05, 0) is 61.6 Å². The largest absolute Gasteiger partial charge is 0.117 e. The highest BCUT2D eigenvalue weighted by Crippen LogP contribution is 2.31. The quantitative estimate of drug-likeness (QED) is 0.612. The standard InChI is InChI=1S/C17H18BrCl/c1-11-8-12(2)17(13(3)9-11)16(19)10-14-4-6-15(18)7-5-14/h4-9,16H,10H2,1-3H3. The summed E-state index contributed by atoms with van der Waals surface area (Å²) in [7, 11) is 0. The minimum Gasteiger partial charge on any atom is -0.117 e. The van der Waals surface area contributed by atoms with Crippen molar-refractivity contribution in [3.8, 4) is 0 Å². The highest BCUT2D eigenvalue weighted by atomic mass is 79.9. The van der Waals surface area contributed by atoms with Crippen LogP contribution in [0.2, 0.25) is 0 Å². The van der Waals surface area contributed by atoms with Gasteiger partial charge in [-0.15, -0.1) is 11.6 Å². The third-order valence-electron chi connectivity index (χ3n) is 3.38. The minimum absolute atomic E-state index is 0.0294. The summed E-state index contributed by atoms with van der Waals surface area (Å²) in [6, 6.07) is 12.8. The van der Waals surface area contributed by atoms with E-state index < -0.39 is 0 Å². The molecule has 0 bridgehead atoms. The third kappa shape index (κ3) is 3.61. The van der Waals surface area contributed by atoms with E-state index in [1.165, 1.54) is 27.8 Å². The summed E-state index contributed by atoms with van der Waals surface area (Å²) < 4.78 is 1.10. The zero-order valence-corrected chi connectivity index (χ0v) is 13.8.